The molecule has 0 amide bonds. The van der Waals surface area contributed by atoms with E-state index in [-0.39, 0.29) is 37.0 Å². The SMILES string of the molecule is Fc1cc([C@@]23C=CC(CC2)C3)ccc1-c1ccc(C2CCC(C(F)(F)Oc3cc(F)c(F)c(F)c3)CC2)c(F)c1. The second-order valence-electron chi connectivity index (χ2n) is 11.4. The van der Waals surface area contributed by atoms with Crippen LogP contribution in [0.15, 0.2) is 60.7 Å². The van der Waals surface area contributed by atoms with Gasteiger partial charge < -0.3 is 4.74 Å². The molecule has 210 valence electrons. The first-order valence-corrected chi connectivity index (χ1v) is 13.6. The van der Waals surface area contributed by atoms with Gasteiger partial charge in [-0.05, 0) is 85.6 Å². The molecular formula is C32H27F7O. The number of rotatable bonds is 6. The number of ether oxygens (including phenoxy) is 1. The highest BCUT2D eigenvalue weighted by atomic mass is 19.3. The van der Waals surface area contributed by atoms with Crippen molar-refractivity contribution in [3.05, 3.63) is 101 Å². The lowest BCUT2D eigenvalue weighted by molar-refractivity contribution is -0.222. The Hall–Kier alpha value is -3.29. The van der Waals surface area contributed by atoms with Crippen LogP contribution in [0.5, 0.6) is 5.75 Å². The van der Waals surface area contributed by atoms with Crippen LogP contribution in [0.1, 0.15) is 62.0 Å². The van der Waals surface area contributed by atoms with Crippen LogP contribution < -0.4 is 4.74 Å². The monoisotopic (exact) mass is 560 g/mol. The molecule has 6 rings (SSSR count). The molecule has 40 heavy (non-hydrogen) atoms. The zero-order valence-corrected chi connectivity index (χ0v) is 21.5. The Kier molecular flexibility index (Phi) is 6.70. The molecule has 1 unspecified atom stereocenters. The summed E-state index contributed by atoms with van der Waals surface area (Å²) in [7, 11) is 0. The highest BCUT2D eigenvalue weighted by molar-refractivity contribution is 5.65. The molecule has 0 saturated heterocycles. The fourth-order valence-electron chi connectivity index (χ4n) is 6.77. The number of fused-ring (bicyclic) bond motifs is 2. The van der Waals surface area contributed by atoms with Gasteiger partial charge in [0.1, 0.15) is 17.4 Å². The molecule has 2 atom stereocenters. The van der Waals surface area contributed by atoms with Gasteiger partial charge in [0, 0.05) is 23.1 Å². The summed E-state index contributed by atoms with van der Waals surface area (Å²) in [6.45, 7) is 0. The molecule has 1 nitrogen and oxygen atoms in total. The minimum Gasteiger partial charge on any atom is -0.432 e. The van der Waals surface area contributed by atoms with Crippen molar-refractivity contribution in [1.82, 2.24) is 0 Å². The highest BCUT2D eigenvalue weighted by Gasteiger charge is 2.45. The highest BCUT2D eigenvalue weighted by Crippen LogP contribution is 2.51. The number of halogens is 7. The Labute approximate surface area is 227 Å². The zero-order valence-electron chi connectivity index (χ0n) is 21.5. The van der Waals surface area contributed by atoms with Gasteiger partial charge in [0.2, 0.25) is 0 Å². The van der Waals surface area contributed by atoms with Crippen LogP contribution >= 0.6 is 0 Å². The van der Waals surface area contributed by atoms with Gasteiger partial charge in [-0.15, -0.1) is 0 Å². The quantitative estimate of drug-likeness (QED) is 0.166. The molecule has 3 aromatic rings. The summed E-state index contributed by atoms with van der Waals surface area (Å²) in [6.07, 6.45) is 4.20. The minimum atomic E-state index is -3.75. The number of benzene rings is 3. The first kappa shape index (κ1) is 26.9. The van der Waals surface area contributed by atoms with Gasteiger partial charge >= 0.3 is 6.11 Å². The molecule has 0 N–H and O–H groups in total. The third-order valence-electron chi connectivity index (χ3n) is 8.98. The molecule has 0 radical (unpaired) electrons. The van der Waals surface area contributed by atoms with E-state index in [1.54, 1.807) is 24.3 Å². The molecular weight excluding hydrogens is 533 g/mol. The molecule has 0 spiro atoms. The fraction of sp³-hybridized carbons (Fsp3) is 0.375. The maximum atomic E-state index is 15.2. The second kappa shape index (κ2) is 9.96. The lowest BCUT2D eigenvalue weighted by atomic mass is 9.77. The van der Waals surface area contributed by atoms with Gasteiger partial charge in [0.25, 0.3) is 0 Å². The van der Waals surface area contributed by atoms with Crippen LogP contribution in [0.3, 0.4) is 0 Å². The van der Waals surface area contributed by atoms with Gasteiger partial charge in [-0.25, -0.2) is 22.0 Å². The van der Waals surface area contributed by atoms with Gasteiger partial charge in [-0.1, -0.05) is 36.4 Å². The van der Waals surface area contributed by atoms with Crippen molar-refractivity contribution in [2.75, 3.05) is 0 Å². The van der Waals surface area contributed by atoms with Gasteiger partial charge in [0.05, 0.1) is 5.92 Å². The van der Waals surface area contributed by atoms with Gasteiger partial charge in [-0.2, -0.15) is 8.78 Å². The summed E-state index contributed by atoms with van der Waals surface area (Å²) in [5.41, 5.74) is 1.91. The zero-order chi connectivity index (χ0) is 28.2. The topological polar surface area (TPSA) is 9.23 Å². The molecule has 3 aliphatic rings. The Bertz CT molecular complexity index is 1450. The van der Waals surface area contributed by atoms with E-state index in [1.165, 1.54) is 6.07 Å². The molecule has 2 bridgehead atoms. The van der Waals surface area contributed by atoms with Crippen molar-refractivity contribution in [2.24, 2.45) is 11.8 Å². The molecule has 3 aromatic carbocycles. The minimum absolute atomic E-state index is 0.0157. The van der Waals surface area contributed by atoms with Crippen LogP contribution in [-0.4, -0.2) is 6.11 Å². The van der Waals surface area contributed by atoms with Crippen molar-refractivity contribution in [3.8, 4) is 16.9 Å². The third-order valence-corrected chi connectivity index (χ3v) is 8.98. The average molecular weight is 561 g/mol. The van der Waals surface area contributed by atoms with E-state index in [9.17, 15) is 22.0 Å². The Morgan fingerprint density at radius 3 is 2.05 bits per heavy atom. The van der Waals surface area contributed by atoms with Crippen molar-refractivity contribution in [2.45, 2.75) is 62.4 Å². The standard InChI is InChI=1S/C32H27F7O/c33-26-13-20(25-8-6-22(14-27(25)34)31-11-9-18(17-31)10-12-31)3-7-24(26)19-1-4-21(5-2-19)32(38,39)40-23-15-28(35)30(37)29(36)16-23/h3,6-9,11,13-16,18-19,21H,1-2,4-5,10,12,17H2/t18?,19?,21?,31-/m0/s1. The maximum Gasteiger partial charge on any atom is 0.400 e. The lowest BCUT2D eigenvalue weighted by Crippen LogP contribution is -2.37. The summed E-state index contributed by atoms with van der Waals surface area (Å²) in [5, 5.41) is 0. The molecule has 0 aromatic heterocycles. The van der Waals surface area contributed by atoms with Gasteiger partial charge in [0.15, 0.2) is 17.5 Å². The summed E-state index contributed by atoms with van der Waals surface area (Å²) < 4.78 is 104. The second-order valence-corrected chi connectivity index (χ2v) is 11.4. The first-order valence-electron chi connectivity index (χ1n) is 13.6. The molecule has 2 fully saturated rings. The Morgan fingerprint density at radius 2 is 1.48 bits per heavy atom. The number of hydrogen-bond acceptors (Lipinski definition) is 1. The summed E-state index contributed by atoms with van der Waals surface area (Å²) in [5.74, 6) is -7.79. The molecule has 2 saturated carbocycles. The van der Waals surface area contributed by atoms with Gasteiger partial charge in [-0.3, -0.25) is 0 Å². The molecule has 0 heterocycles. The van der Waals surface area contributed by atoms with Crippen LogP contribution in [0, 0.1) is 40.9 Å². The van der Waals surface area contributed by atoms with Crippen LogP contribution in [0.25, 0.3) is 11.1 Å². The summed E-state index contributed by atoms with van der Waals surface area (Å²) in [6, 6.07) is 10.4. The Morgan fingerprint density at radius 1 is 0.750 bits per heavy atom. The van der Waals surface area contributed by atoms with E-state index >= 15 is 8.78 Å². The van der Waals surface area contributed by atoms with E-state index in [2.05, 4.69) is 16.9 Å². The van der Waals surface area contributed by atoms with E-state index in [1.807, 2.05) is 6.07 Å². The van der Waals surface area contributed by atoms with E-state index < -0.39 is 46.9 Å². The average Bonchev–Trinajstić information content (AvgIpc) is 3.54. The number of hydrogen-bond donors (Lipinski definition) is 0. The summed E-state index contributed by atoms with van der Waals surface area (Å²) >= 11 is 0. The largest absolute Gasteiger partial charge is 0.432 e. The predicted molar refractivity (Wildman–Crippen MR) is 137 cm³/mol. The van der Waals surface area contributed by atoms with Crippen molar-refractivity contribution in [3.63, 3.8) is 0 Å². The number of alkyl halides is 2. The van der Waals surface area contributed by atoms with Crippen LogP contribution in [0.4, 0.5) is 30.7 Å². The normalized spacial score (nSPS) is 25.9. The van der Waals surface area contributed by atoms with Crippen molar-refractivity contribution in [1.29, 1.82) is 0 Å². The predicted octanol–water partition coefficient (Wildman–Crippen LogP) is 9.60. The van der Waals surface area contributed by atoms with Crippen LogP contribution in [-0.2, 0) is 5.41 Å². The van der Waals surface area contributed by atoms with Crippen molar-refractivity contribution < 1.29 is 35.5 Å². The van der Waals surface area contributed by atoms with E-state index in [0.29, 0.717) is 34.7 Å². The molecule has 8 heteroatoms. The third kappa shape index (κ3) is 4.79. The molecule has 3 aliphatic carbocycles. The smallest absolute Gasteiger partial charge is 0.400 e. The van der Waals surface area contributed by atoms with E-state index in [4.69, 9.17) is 0 Å². The van der Waals surface area contributed by atoms with Crippen LogP contribution in [0.2, 0.25) is 0 Å². The van der Waals surface area contributed by atoms with E-state index in [0.717, 1.165) is 24.8 Å². The maximum absolute atomic E-state index is 15.2. The lowest BCUT2D eigenvalue weighted by Gasteiger charge is -2.33. The first-order chi connectivity index (χ1) is 19.0. The summed E-state index contributed by atoms with van der Waals surface area (Å²) in [4.78, 5) is 0. The Balaban J connectivity index is 1.13. The van der Waals surface area contributed by atoms with Crippen molar-refractivity contribution >= 4 is 0 Å². The molecule has 0 aliphatic heterocycles. The number of allylic oxidation sites excluding steroid dienone is 2. The fourth-order valence-corrected chi connectivity index (χ4v) is 6.77.